The van der Waals surface area contributed by atoms with Crippen LogP contribution in [0.25, 0.3) is 0 Å². The van der Waals surface area contributed by atoms with Gasteiger partial charge in [-0.15, -0.1) is 0 Å². The third-order valence-corrected chi connectivity index (χ3v) is 2.57. The van der Waals surface area contributed by atoms with Crippen LogP contribution in [0.1, 0.15) is 17.2 Å². The molecule has 0 fully saturated rings. The molecule has 7 heteroatoms. The first kappa shape index (κ1) is 13.0. The van der Waals surface area contributed by atoms with Gasteiger partial charge in [-0.2, -0.15) is 13.2 Å². The molecule has 1 rings (SSSR count). The molecular weight excluding hydrogens is 293 g/mol. The second kappa shape index (κ2) is 4.42. The highest BCUT2D eigenvalue weighted by Crippen LogP contribution is 2.33. The molecule has 0 aliphatic heterocycles. The van der Waals surface area contributed by atoms with E-state index in [-0.39, 0.29) is 10.0 Å². The van der Waals surface area contributed by atoms with Crippen LogP contribution in [0.5, 0.6) is 0 Å². The van der Waals surface area contributed by atoms with Crippen LogP contribution in [0.4, 0.5) is 13.2 Å². The molecule has 1 aromatic rings. The van der Waals surface area contributed by atoms with Gasteiger partial charge in [0.15, 0.2) is 6.10 Å². The predicted molar refractivity (Wildman–Crippen MR) is 51.7 cm³/mol. The monoisotopic (exact) mass is 298 g/mol. The van der Waals surface area contributed by atoms with Crippen LogP contribution < -0.4 is 0 Å². The third kappa shape index (κ3) is 2.73. The van der Waals surface area contributed by atoms with Crippen LogP contribution in [-0.2, 0) is 11.0 Å². The minimum absolute atomic E-state index is 0.107. The molecule has 0 unspecified atom stereocenters. The fourth-order valence-electron chi connectivity index (χ4n) is 1.06. The van der Waals surface area contributed by atoms with Gasteiger partial charge in [0.25, 0.3) is 0 Å². The van der Waals surface area contributed by atoms with Crippen molar-refractivity contribution in [1.29, 1.82) is 0 Å². The van der Waals surface area contributed by atoms with Gasteiger partial charge in [0.1, 0.15) is 0 Å². The predicted octanol–water partition coefficient (Wildman–Crippen LogP) is 2.59. The van der Waals surface area contributed by atoms with E-state index in [9.17, 15) is 23.1 Å². The topological polar surface area (TPSA) is 57.5 Å². The van der Waals surface area contributed by atoms with Gasteiger partial charge in [0, 0.05) is 10.0 Å². The zero-order valence-corrected chi connectivity index (χ0v) is 9.21. The average Bonchev–Trinajstić information content (AvgIpc) is 2.15. The third-order valence-electron chi connectivity index (χ3n) is 1.85. The van der Waals surface area contributed by atoms with Crippen molar-refractivity contribution in [3.63, 3.8) is 0 Å². The van der Waals surface area contributed by atoms with E-state index in [0.717, 1.165) is 12.1 Å². The Balaban J connectivity index is 3.24. The van der Waals surface area contributed by atoms with E-state index >= 15 is 0 Å². The molecule has 0 spiro atoms. The quantitative estimate of drug-likeness (QED) is 0.882. The molecule has 1 aromatic carbocycles. The van der Waals surface area contributed by atoms with Crippen molar-refractivity contribution in [2.45, 2.75) is 12.3 Å². The lowest BCUT2D eigenvalue weighted by atomic mass is 10.1. The molecule has 0 bridgehead atoms. The molecule has 0 heterocycles. The first-order valence-electron chi connectivity index (χ1n) is 4.01. The van der Waals surface area contributed by atoms with Crippen molar-refractivity contribution in [2.24, 2.45) is 0 Å². The molecule has 88 valence electrons. The van der Waals surface area contributed by atoms with Gasteiger partial charge in [-0.3, -0.25) is 0 Å². The molecule has 0 radical (unpaired) electrons. The minimum atomic E-state index is -4.58. The van der Waals surface area contributed by atoms with Crippen LogP contribution >= 0.6 is 15.9 Å². The molecule has 0 aliphatic carbocycles. The maximum atomic E-state index is 12.3. The van der Waals surface area contributed by atoms with Gasteiger partial charge in [0.05, 0.1) is 5.56 Å². The number of alkyl halides is 3. The van der Waals surface area contributed by atoms with Gasteiger partial charge in [-0.25, -0.2) is 4.79 Å². The Morgan fingerprint density at radius 3 is 2.38 bits per heavy atom. The van der Waals surface area contributed by atoms with E-state index in [1.165, 1.54) is 0 Å². The van der Waals surface area contributed by atoms with Crippen LogP contribution in [0.2, 0.25) is 0 Å². The zero-order valence-electron chi connectivity index (χ0n) is 7.62. The minimum Gasteiger partial charge on any atom is -0.479 e. The lowest BCUT2D eigenvalue weighted by molar-refractivity contribution is -0.147. The van der Waals surface area contributed by atoms with E-state index in [4.69, 9.17) is 5.11 Å². The SMILES string of the molecule is O=C(O)[C@@H](O)c1cc(C(F)(F)F)ccc1Br. The number of benzene rings is 1. The largest absolute Gasteiger partial charge is 0.479 e. The Kier molecular flexibility index (Phi) is 3.59. The molecule has 0 saturated heterocycles. The van der Waals surface area contributed by atoms with E-state index in [1.807, 2.05) is 0 Å². The molecule has 0 aromatic heterocycles. The second-order valence-corrected chi connectivity index (χ2v) is 3.83. The maximum Gasteiger partial charge on any atom is 0.416 e. The normalized spacial score (nSPS) is 13.6. The summed E-state index contributed by atoms with van der Waals surface area (Å²) in [6.07, 6.45) is -6.56. The number of aliphatic carboxylic acids is 1. The summed E-state index contributed by atoms with van der Waals surface area (Å²) < 4.78 is 37.1. The smallest absolute Gasteiger partial charge is 0.416 e. The number of aliphatic hydroxyl groups is 1. The Morgan fingerprint density at radius 2 is 1.94 bits per heavy atom. The molecule has 16 heavy (non-hydrogen) atoms. The Morgan fingerprint density at radius 1 is 1.38 bits per heavy atom. The zero-order chi connectivity index (χ0) is 12.5. The first-order valence-corrected chi connectivity index (χ1v) is 4.80. The number of carbonyl (C=O) groups is 1. The Hall–Kier alpha value is -1.08. The van der Waals surface area contributed by atoms with Crippen molar-refractivity contribution in [1.82, 2.24) is 0 Å². The first-order chi connectivity index (χ1) is 7.23. The second-order valence-electron chi connectivity index (χ2n) is 2.97. The lowest BCUT2D eigenvalue weighted by Gasteiger charge is -2.12. The van der Waals surface area contributed by atoms with Crippen LogP contribution in [0.15, 0.2) is 22.7 Å². The van der Waals surface area contributed by atoms with Gasteiger partial charge in [0.2, 0.25) is 0 Å². The van der Waals surface area contributed by atoms with Crippen molar-refractivity contribution >= 4 is 21.9 Å². The molecule has 2 N–H and O–H groups in total. The van der Waals surface area contributed by atoms with E-state index in [1.54, 1.807) is 0 Å². The van der Waals surface area contributed by atoms with Crippen LogP contribution in [0.3, 0.4) is 0 Å². The molecule has 1 atom stereocenters. The number of halogens is 4. The molecule has 0 aliphatic rings. The number of rotatable bonds is 2. The summed E-state index contributed by atoms with van der Waals surface area (Å²) in [5, 5.41) is 17.7. The average molecular weight is 299 g/mol. The summed E-state index contributed by atoms with van der Waals surface area (Å²) in [4.78, 5) is 10.5. The summed E-state index contributed by atoms with van der Waals surface area (Å²) in [6, 6.07) is 2.44. The van der Waals surface area contributed by atoms with E-state index in [0.29, 0.717) is 6.07 Å². The standard InChI is InChI=1S/C9H6BrF3O3/c10-6-2-1-4(9(11,12)13)3-5(6)7(14)8(15)16/h1-3,7,14H,(H,15,16)/t7-/m0/s1. The number of hydrogen-bond acceptors (Lipinski definition) is 2. The Bertz CT molecular complexity index is 417. The fourth-order valence-corrected chi connectivity index (χ4v) is 1.53. The van der Waals surface area contributed by atoms with Crippen LogP contribution in [0, 0.1) is 0 Å². The summed E-state index contributed by atoms with van der Waals surface area (Å²) in [5.41, 5.74) is -1.34. The number of carboxylic acids is 1. The van der Waals surface area contributed by atoms with Gasteiger partial charge in [-0.1, -0.05) is 15.9 Å². The number of aliphatic hydroxyl groups excluding tert-OH is 1. The maximum absolute atomic E-state index is 12.3. The summed E-state index contributed by atoms with van der Waals surface area (Å²) in [6.45, 7) is 0. The van der Waals surface area contributed by atoms with Crippen molar-refractivity contribution < 1.29 is 28.2 Å². The number of carboxylic acid groups (broad SMARTS) is 1. The van der Waals surface area contributed by atoms with E-state index in [2.05, 4.69) is 15.9 Å². The highest BCUT2D eigenvalue weighted by Gasteiger charge is 2.32. The van der Waals surface area contributed by atoms with Gasteiger partial charge >= 0.3 is 12.1 Å². The number of hydrogen-bond donors (Lipinski definition) is 2. The van der Waals surface area contributed by atoms with Crippen LogP contribution in [-0.4, -0.2) is 16.2 Å². The Labute approximate surface area is 96.6 Å². The summed E-state index contributed by atoms with van der Waals surface area (Å²) in [7, 11) is 0. The summed E-state index contributed by atoms with van der Waals surface area (Å²) >= 11 is 2.88. The highest BCUT2D eigenvalue weighted by molar-refractivity contribution is 9.10. The van der Waals surface area contributed by atoms with Gasteiger partial charge in [-0.05, 0) is 18.2 Å². The van der Waals surface area contributed by atoms with Crippen molar-refractivity contribution in [3.8, 4) is 0 Å². The van der Waals surface area contributed by atoms with Crippen molar-refractivity contribution in [2.75, 3.05) is 0 Å². The molecule has 0 amide bonds. The highest BCUT2D eigenvalue weighted by atomic mass is 79.9. The van der Waals surface area contributed by atoms with Gasteiger partial charge < -0.3 is 10.2 Å². The summed E-state index contributed by atoms with van der Waals surface area (Å²) in [5.74, 6) is -1.61. The molecule has 3 nitrogen and oxygen atoms in total. The molecule has 0 saturated carbocycles. The lowest BCUT2D eigenvalue weighted by Crippen LogP contribution is -2.13. The van der Waals surface area contributed by atoms with E-state index < -0.39 is 23.8 Å². The molecular formula is C9H6BrF3O3. The van der Waals surface area contributed by atoms with Crippen molar-refractivity contribution in [3.05, 3.63) is 33.8 Å². The fraction of sp³-hybridized carbons (Fsp3) is 0.222.